The van der Waals surface area contributed by atoms with Gasteiger partial charge in [-0.25, -0.2) is 4.79 Å². The Balaban J connectivity index is 1.92. The van der Waals surface area contributed by atoms with Gasteiger partial charge in [-0.1, -0.05) is 15.9 Å². The predicted molar refractivity (Wildman–Crippen MR) is 87.5 cm³/mol. The molecule has 0 fully saturated rings. The normalized spacial score (nSPS) is 10.6. The Morgan fingerprint density at radius 2 is 1.77 bits per heavy atom. The van der Waals surface area contributed by atoms with Gasteiger partial charge in [-0.2, -0.15) is 0 Å². The van der Waals surface area contributed by atoms with Crippen LogP contribution < -0.4 is 15.1 Å². The molecule has 0 unspecified atom stereocenters. The quantitative estimate of drug-likeness (QED) is 0.656. The van der Waals surface area contributed by atoms with Crippen LogP contribution in [0.15, 0.2) is 62.2 Å². The zero-order valence-electron chi connectivity index (χ0n) is 11.8. The highest BCUT2D eigenvalue weighted by molar-refractivity contribution is 9.10. The Labute approximate surface area is 135 Å². The molecule has 112 valence electrons. The van der Waals surface area contributed by atoms with E-state index >= 15 is 0 Å². The lowest BCUT2D eigenvalue weighted by atomic mass is 10.1. The maximum atomic E-state index is 11.7. The number of methoxy groups -OCH3 is 1. The summed E-state index contributed by atoms with van der Waals surface area (Å²) < 4.78 is 17.1. The average molecular weight is 361 g/mol. The molecule has 0 saturated carbocycles. The molecule has 0 aliphatic heterocycles. The third-order valence-electron chi connectivity index (χ3n) is 3.25. The number of benzene rings is 2. The fourth-order valence-corrected chi connectivity index (χ4v) is 2.41. The van der Waals surface area contributed by atoms with E-state index in [4.69, 9.17) is 13.9 Å². The van der Waals surface area contributed by atoms with Crippen molar-refractivity contribution in [1.29, 1.82) is 0 Å². The van der Waals surface area contributed by atoms with Crippen molar-refractivity contribution in [1.82, 2.24) is 0 Å². The van der Waals surface area contributed by atoms with Gasteiger partial charge in [0.1, 0.15) is 23.7 Å². The van der Waals surface area contributed by atoms with Gasteiger partial charge in [0, 0.05) is 27.6 Å². The maximum absolute atomic E-state index is 11.7. The Morgan fingerprint density at radius 3 is 2.50 bits per heavy atom. The van der Waals surface area contributed by atoms with Crippen molar-refractivity contribution in [2.75, 3.05) is 7.11 Å². The van der Waals surface area contributed by atoms with Gasteiger partial charge in [0.15, 0.2) is 0 Å². The van der Waals surface area contributed by atoms with Gasteiger partial charge >= 0.3 is 5.63 Å². The minimum atomic E-state index is -0.407. The second-order valence-corrected chi connectivity index (χ2v) is 5.61. The summed E-state index contributed by atoms with van der Waals surface area (Å²) in [6.07, 6.45) is 0. The van der Waals surface area contributed by atoms with E-state index in [1.54, 1.807) is 13.2 Å². The summed E-state index contributed by atoms with van der Waals surface area (Å²) in [6, 6.07) is 14.4. The first-order valence-corrected chi connectivity index (χ1v) is 7.44. The SMILES string of the molecule is COc1ccc2c(COc3ccc(Br)cc3)cc(=O)oc2c1. The number of rotatable bonds is 4. The number of halogens is 1. The molecule has 3 rings (SSSR count). The predicted octanol–water partition coefficient (Wildman–Crippen LogP) is 4.14. The first-order valence-electron chi connectivity index (χ1n) is 6.65. The zero-order chi connectivity index (χ0) is 15.5. The third-order valence-corrected chi connectivity index (χ3v) is 3.77. The van der Waals surface area contributed by atoms with E-state index in [-0.39, 0.29) is 6.61 Å². The van der Waals surface area contributed by atoms with Crippen molar-refractivity contribution in [2.24, 2.45) is 0 Å². The maximum Gasteiger partial charge on any atom is 0.336 e. The minimum absolute atomic E-state index is 0.288. The Kier molecular flexibility index (Phi) is 4.15. The van der Waals surface area contributed by atoms with Crippen LogP contribution in [0.2, 0.25) is 0 Å². The van der Waals surface area contributed by atoms with E-state index in [9.17, 15) is 4.79 Å². The molecule has 0 saturated heterocycles. The van der Waals surface area contributed by atoms with Gasteiger partial charge in [0.2, 0.25) is 0 Å². The fraction of sp³-hybridized carbons (Fsp3) is 0.118. The summed E-state index contributed by atoms with van der Waals surface area (Å²) in [7, 11) is 1.57. The first kappa shape index (κ1) is 14.7. The molecule has 2 aromatic carbocycles. The smallest absolute Gasteiger partial charge is 0.336 e. The molecular formula is C17H13BrO4. The standard InChI is InChI=1S/C17H13BrO4/c1-20-14-6-7-15-11(8-17(19)22-16(15)9-14)10-21-13-4-2-12(18)3-5-13/h2-9H,10H2,1H3. The number of hydrogen-bond donors (Lipinski definition) is 0. The largest absolute Gasteiger partial charge is 0.497 e. The lowest BCUT2D eigenvalue weighted by Gasteiger charge is -2.09. The van der Waals surface area contributed by atoms with Gasteiger partial charge in [-0.3, -0.25) is 0 Å². The molecule has 0 amide bonds. The molecule has 0 aliphatic carbocycles. The summed E-state index contributed by atoms with van der Waals surface area (Å²) in [5.74, 6) is 1.37. The molecule has 0 atom stereocenters. The highest BCUT2D eigenvalue weighted by atomic mass is 79.9. The van der Waals surface area contributed by atoms with Crippen molar-refractivity contribution in [3.8, 4) is 11.5 Å². The molecule has 1 aromatic heterocycles. The molecule has 1 heterocycles. The van der Waals surface area contributed by atoms with Gasteiger partial charge in [-0.05, 0) is 36.4 Å². The Morgan fingerprint density at radius 1 is 1.05 bits per heavy atom. The third kappa shape index (κ3) is 3.14. The number of hydrogen-bond acceptors (Lipinski definition) is 4. The minimum Gasteiger partial charge on any atom is -0.497 e. The molecular weight excluding hydrogens is 348 g/mol. The number of fused-ring (bicyclic) bond motifs is 1. The zero-order valence-corrected chi connectivity index (χ0v) is 13.4. The van der Waals surface area contributed by atoms with E-state index in [0.29, 0.717) is 11.3 Å². The van der Waals surface area contributed by atoms with E-state index in [1.807, 2.05) is 36.4 Å². The Hall–Kier alpha value is -2.27. The summed E-state index contributed by atoms with van der Waals surface area (Å²) in [5.41, 5.74) is 0.855. The van der Waals surface area contributed by atoms with Crippen LogP contribution in [0.25, 0.3) is 11.0 Å². The van der Waals surface area contributed by atoms with Gasteiger partial charge in [-0.15, -0.1) is 0 Å². The van der Waals surface area contributed by atoms with Gasteiger partial charge in [0.05, 0.1) is 7.11 Å². The second kappa shape index (κ2) is 6.23. The molecule has 22 heavy (non-hydrogen) atoms. The van der Waals surface area contributed by atoms with E-state index in [1.165, 1.54) is 6.07 Å². The first-order chi connectivity index (χ1) is 10.7. The Bertz CT molecular complexity index is 853. The van der Waals surface area contributed by atoms with Crippen molar-refractivity contribution in [3.63, 3.8) is 0 Å². The average Bonchev–Trinajstić information content (AvgIpc) is 2.53. The summed E-state index contributed by atoms with van der Waals surface area (Å²) in [6.45, 7) is 0.288. The molecule has 0 N–H and O–H groups in total. The van der Waals surface area contributed by atoms with Gasteiger partial charge in [0.25, 0.3) is 0 Å². The van der Waals surface area contributed by atoms with Crippen molar-refractivity contribution in [3.05, 3.63) is 69.0 Å². The summed E-state index contributed by atoms with van der Waals surface area (Å²) in [5, 5.41) is 0.831. The van der Waals surface area contributed by atoms with Crippen LogP contribution in [0, 0.1) is 0 Å². The van der Waals surface area contributed by atoms with Crippen LogP contribution >= 0.6 is 15.9 Å². The molecule has 4 nitrogen and oxygen atoms in total. The highest BCUT2D eigenvalue weighted by Gasteiger charge is 2.08. The number of ether oxygens (including phenoxy) is 2. The van der Waals surface area contributed by atoms with Crippen LogP contribution in [0.1, 0.15) is 5.56 Å². The van der Waals surface area contributed by atoms with E-state index in [2.05, 4.69) is 15.9 Å². The van der Waals surface area contributed by atoms with Crippen LogP contribution in [0.5, 0.6) is 11.5 Å². The summed E-state index contributed by atoms with van der Waals surface area (Å²) >= 11 is 3.38. The molecule has 5 heteroatoms. The van der Waals surface area contributed by atoms with E-state index < -0.39 is 5.63 Å². The molecule has 0 bridgehead atoms. The summed E-state index contributed by atoms with van der Waals surface area (Å²) in [4.78, 5) is 11.7. The lowest BCUT2D eigenvalue weighted by molar-refractivity contribution is 0.306. The van der Waals surface area contributed by atoms with Gasteiger partial charge < -0.3 is 13.9 Å². The highest BCUT2D eigenvalue weighted by Crippen LogP contribution is 2.24. The molecule has 3 aromatic rings. The van der Waals surface area contributed by atoms with Crippen LogP contribution in [0.4, 0.5) is 0 Å². The molecule has 0 aliphatic rings. The topological polar surface area (TPSA) is 48.7 Å². The van der Waals surface area contributed by atoms with Crippen LogP contribution in [0.3, 0.4) is 0 Å². The van der Waals surface area contributed by atoms with Crippen molar-refractivity contribution in [2.45, 2.75) is 6.61 Å². The monoisotopic (exact) mass is 360 g/mol. The van der Waals surface area contributed by atoms with Crippen molar-refractivity contribution < 1.29 is 13.9 Å². The fourth-order valence-electron chi connectivity index (χ4n) is 2.15. The van der Waals surface area contributed by atoms with Crippen LogP contribution in [-0.4, -0.2) is 7.11 Å². The van der Waals surface area contributed by atoms with E-state index in [0.717, 1.165) is 21.2 Å². The lowest BCUT2D eigenvalue weighted by Crippen LogP contribution is -2.04. The van der Waals surface area contributed by atoms with Crippen LogP contribution in [-0.2, 0) is 6.61 Å². The molecule has 0 radical (unpaired) electrons. The molecule has 0 spiro atoms. The van der Waals surface area contributed by atoms with Crippen molar-refractivity contribution >= 4 is 26.9 Å². The second-order valence-electron chi connectivity index (χ2n) is 4.70.